The molecule has 4 rings (SSSR count). The first kappa shape index (κ1) is 31.9. The van der Waals surface area contributed by atoms with E-state index in [1.165, 1.54) is 19.2 Å². The van der Waals surface area contributed by atoms with Gasteiger partial charge in [-0.2, -0.15) is 0 Å². The molecule has 0 aliphatic rings. The summed E-state index contributed by atoms with van der Waals surface area (Å²) in [6.45, 7) is 2.70. The Morgan fingerprint density at radius 2 is 1.61 bits per heavy atom. The number of amides is 1. The van der Waals surface area contributed by atoms with Gasteiger partial charge < -0.3 is 19.7 Å². The van der Waals surface area contributed by atoms with Gasteiger partial charge in [0, 0.05) is 41.9 Å². The summed E-state index contributed by atoms with van der Waals surface area (Å²) in [5.41, 5.74) is 2.97. The number of benzene rings is 4. The number of ether oxygens (including phenoxy) is 2. The van der Waals surface area contributed by atoms with E-state index in [1.54, 1.807) is 47.4 Å². The molecule has 4 aromatic carbocycles. The SMILES string of the molecule is CCCC(=O)N(CCCOc1ccc(CC(Nc2ccccc2C(=O)c2ccccc2)C(=O)OC)cc1)c1cccc(F)c1. The third kappa shape index (κ3) is 8.77. The van der Waals surface area contributed by atoms with Gasteiger partial charge in [-0.1, -0.05) is 67.6 Å². The van der Waals surface area contributed by atoms with Gasteiger partial charge >= 0.3 is 5.97 Å². The number of nitrogens with zero attached hydrogens (tertiary/aromatic N) is 1. The van der Waals surface area contributed by atoms with Crippen LogP contribution in [0.4, 0.5) is 15.8 Å². The van der Waals surface area contributed by atoms with Gasteiger partial charge in [-0.3, -0.25) is 9.59 Å². The summed E-state index contributed by atoms with van der Waals surface area (Å²) in [7, 11) is 1.33. The van der Waals surface area contributed by atoms with Crippen molar-refractivity contribution in [1.29, 1.82) is 0 Å². The molecule has 4 aromatic rings. The second-order valence-corrected chi connectivity index (χ2v) is 10.3. The molecule has 0 radical (unpaired) electrons. The Morgan fingerprint density at radius 3 is 2.32 bits per heavy atom. The van der Waals surface area contributed by atoms with Crippen LogP contribution in [-0.4, -0.2) is 44.0 Å². The Kier molecular flexibility index (Phi) is 11.6. The molecule has 0 heterocycles. The lowest BCUT2D eigenvalue weighted by Gasteiger charge is -2.23. The van der Waals surface area contributed by atoms with Crippen LogP contribution in [0.1, 0.15) is 47.7 Å². The van der Waals surface area contributed by atoms with Crippen molar-refractivity contribution in [1.82, 2.24) is 0 Å². The third-order valence-corrected chi connectivity index (χ3v) is 7.07. The summed E-state index contributed by atoms with van der Waals surface area (Å²) < 4.78 is 24.7. The molecule has 1 unspecified atom stereocenters. The second-order valence-electron chi connectivity index (χ2n) is 10.3. The average molecular weight is 597 g/mol. The molecule has 44 heavy (non-hydrogen) atoms. The van der Waals surface area contributed by atoms with Crippen molar-refractivity contribution in [2.45, 2.75) is 38.6 Å². The molecule has 8 heteroatoms. The maximum Gasteiger partial charge on any atom is 0.328 e. The number of rotatable bonds is 15. The summed E-state index contributed by atoms with van der Waals surface area (Å²) in [5.74, 6) is -0.390. The number of methoxy groups -OCH3 is 1. The van der Waals surface area contributed by atoms with Crippen LogP contribution in [0.15, 0.2) is 103 Å². The summed E-state index contributed by atoms with van der Waals surface area (Å²) >= 11 is 0. The topological polar surface area (TPSA) is 84.9 Å². The number of esters is 1. The molecule has 228 valence electrons. The fourth-order valence-corrected chi connectivity index (χ4v) is 4.84. The number of para-hydroxylation sites is 1. The summed E-state index contributed by atoms with van der Waals surface area (Å²) in [5, 5.41) is 3.22. The van der Waals surface area contributed by atoms with Crippen molar-refractivity contribution >= 4 is 29.0 Å². The lowest BCUT2D eigenvalue weighted by atomic mass is 10.00. The number of carbonyl (C=O) groups excluding carboxylic acids is 3. The highest BCUT2D eigenvalue weighted by Gasteiger charge is 2.23. The van der Waals surface area contributed by atoms with Crippen molar-refractivity contribution in [2.24, 2.45) is 0 Å². The first-order valence-electron chi connectivity index (χ1n) is 14.7. The molecule has 1 atom stereocenters. The molecule has 1 amide bonds. The molecule has 0 fully saturated rings. The van der Waals surface area contributed by atoms with E-state index in [1.807, 2.05) is 55.5 Å². The molecule has 0 saturated heterocycles. The predicted octanol–water partition coefficient (Wildman–Crippen LogP) is 6.86. The molecule has 0 spiro atoms. The smallest absolute Gasteiger partial charge is 0.328 e. The second kappa shape index (κ2) is 16.0. The van der Waals surface area contributed by atoms with Crippen molar-refractivity contribution in [3.05, 3.63) is 126 Å². The number of hydrogen-bond acceptors (Lipinski definition) is 6. The Hall–Kier alpha value is -4.98. The van der Waals surface area contributed by atoms with Crippen LogP contribution in [0.5, 0.6) is 5.75 Å². The standard InChI is InChI=1S/C36H37FN2O5/c1-3-11-34(40)39(29-15-9-14-28(37)25-29)22-10-23-44-30-20-18-26(19-21-30)24-33(36(42)43-2)38-32-17-8-7-16-31(32)35(41)27-12-5-4-6-13-27/h4-9,12-21,25,33,38H,3,10-11,22-24H2,1-2H3. The Bertz CT molecular complexity index is 1540. The number of carbonyl (C=O) groups is 3. The van der Waals surface area contributed by atoms with Crippen molar-refractivity contribution < 1.29 is 28.2 Å². The lowest BCUT2D eigenvalue weighted by Crippen LogP contribution is -2.33. The molecular formula is C36H37FN2O5. The van der Waals surface area contributed by atoms with Gasteiger partial charge in [0.2, 0.25) is 5.91 Å². The quantitative estimate of drug-likeness (QED) is 0.0918. The summed E-state index contributed by atoms with van der Waals surface area (Å²) in [6, 6.07) is 28.8. The van der Waals surface area contributed by atoms with E-state index in [-0.39, 0.29) is 17.5 Å². The fourth-order valence-electron chi connectivity index (χ4n) is 4.84. The monoisotopic (exact) mass is 596 g/mol. The molecule has 1 N–H and O–H groups in total. The minimum atomic E-state index is -0.731. The largest absolute Gasteiger partial charge is 0.494 e. The molecule has 7 nitrogen and oxygen atoms in total. The number of ketones is 1. The van der Waals surface area contributed by atoms with E-state index in [2.05, 4.69) is 5.32 Å². The number of hydrogen-bond donors (Lipinski definition) is 1. The van der Waals surface area contributed by atoms with Crippen LogP contribution in [0.25, 0.3) is 0 Å². The van der Waals surface area contributed by atoms with Gasteiger partial charge in [0.25, 0.3) is 0 Å². The van der Waals surface area contributed by atoms with Crippen LogP contribution in [0.2, 0.25) is 0 Å². The predicted molar refractivity (Wildman–Crippen MR) is 170 cm³/mol. The molecule has 0 aromatic heterocycles. The van der Waals surface area contributed by atoms with Gasteiger partial charge in [-0.15, -0.1) is 0 Å². The minimum absolute atomic E-state index is 0.0525. The van der Waals surface area contributed by atoms with Crippen molar-refractivity contribution in [3.63, 3.8) is 0 Å². The molecule has 0 aliphatic heterocycles. The van der Waals surface area contributed by atoms with Crippen LogP contribution < -0.4 is 15.0 Å². The Morgan fingerprint density at radius 1 is 0.886 bits per heavy atom. The highest BCUT2D eigenvalue weighted by Crippen LogP contribution is 2.23. The van der Waals surface area contributed by atoms with Gasteiger partial charge in [0.15, 0.2) is 5.78 Å². The van der Waals surface area contributed by atoms with Gasteiger partial charge in [0.05, 0.1) is 13.7 Å². The van der Waals surface area contributed by atoms with Crippen molar-refractivity contribution in [2.75, 3.05) is 30.5 Å². The Labute approximate surface area is 257 Å². The summed E-state index contributed by atoms with van der Waals surface area (Å²) in [6.07, 6.45) is 1.97. The first-order valence-corrected chi connectivity index (χ1v) is 14.7. The van der Waals surface area contributed by atoms with E-state index in [0.29, 0.717) is 67.1 Å². The Balaban J connectivity index is 1.36. The lowest BCUT2D eigenvalue weighted by molar-refractivity contribution is -0.141. The van der Waals surface area contributed by atoms with E-state index in [0.717, 1.165) is 5.56 Å². The van der Waals surface area contributed by atoms with E-state index in [9.17, 15) is 18.8 Å². The highest BCUT2D eigenvalue weighted by atomic mass is 19.1. The molecule has 0 saturated carbocycles. The number of anilines is 2. The van der Waals surface area contributed by atoms with Crippen LogP contribution >= 0.6 is 0 Å². The first-order chi connectivity index (χ1) is 21.4. The zero-order valence-electron chi connectivity index (χ0n) is 25.0. The zero-order chi connectivity index (χ0) is 31.3. The van der Waals surface area contributed by atoms with E-state index in [4.69, 9.17) is 9.47 Å². The van der Waals surface area contributed by atoms with Crippen molar-refractivity contribution in [3.8, 4) is 5.75 Å². The maximum atomic E-state index is 13.8. The average Bonchev–Trinajstić information content (AvgIpc) is 3.05. The molecular weight excluding hydrogens is 559 g/mol. The number of halogens is 1. The van der Waals surface area contributed by atoms with Gasteiger partial charge in [-0.05, 0) is 60.9 Å². The minimum Gasteiger partial charge on any atom is -0.494 e. The van der Waals surface area contributed by atoms with Gasteiger partial charge in [0.1, 0.15) is 17.6 Å². The third-order valence-electron chi connectivity index (χ3n) is 7.07. The molecule has 0 aliphatic carbocycles. The van der Waals surface area contributed by atoms with Gasteiger partial charge in [-0.25, -0.2) is 9.18 Å². The number of nitrogens with one attached hydrogen (secondary N) is 1. The fraction of sp³-hybridized carbons (Fsp3) is 0.250. The normalized spacial score (nSPS) is 11.3. The maximum absolute atomic E-state index is 13.8. The zero-order valence-corrected chi connectivity index (χ0v) is 25.0. The van der Waals surface area contributed by atoms with Crippen LogP contribution in [0.3, 0.4) is 0 Å². The van der Waals surface area contributed by atoms with Crippen LogP contribution in [-0.2, 0) is 20.7 Å². The van der Waals surface area contributed by atoms with E-state index >= 15 is 0 Å². The highest BCUT2D eigenvalue weighted by molar-refractivity contribution is 6.12. The van der Waals surface area contributed by atoms with E-state index < -0.39 is 12.0 Å². The molecule has 0 bridgehead atoms. The summed E-state index contributed by atoms with van der Waals surface area (Å²) in [4.78, 5) is 40.2. The van der Waals surface area contributed by atoms with Crippen LogP contribution in [0, 0.1) is 5.82 Å².